The molecule has 0 saturated carbocycles. The zero-order valence-electron chi connectivity index (χ0n) is 9.24. The number of aliphatic hydroxyl groups excluding tert-OH is 1. The van der Waals surface area contributed by atoms with Crippen molar-refractivity contribution in [3.8, 4) is 0 Å². The van der Waals surface area contributed by atoms with Gasteiger partial charge in [0.1, 0.15) is 0 Å². The van der Waals surface area contributed by atoms with Crippen molar-refractivity contribution >= 4 is 5.57 Å². The molecule has 1 unspecified atom stereocenters. The molecule has 1 N–H and O–H groups in total. The van der Waals surface area contributed by atoms with Gasteiger partial charge in [0.15, 0.2) is 0 Å². The van der Waals surface area contributed by atoms with Crippen LogP contribution in [0.5, 0.6) is 0 Å². The first-order valence-electron chi connectivity index (χ1n) is 5.77. The lowest BCUT2D eigenvalue weighted by atomic mass is 9.92. The molecule has 1 aliphatic carbocycles. The van der Waals surface area contributed by atoms with Gasteiger partial charge in [-0.3, -0.25) is 0 Å². The fourth-order valence-corrected chi connectivity index (χ4v) is 2.10. The molecule has 0 heterocycles. The maximum Gasteiger partial charge on any atom is 0.0726 e. The van der Waals surface area contributed by atoms with Gasteiger partial charge in [-0.05, 0) is 42.4 Å². The fraction of sp³-hybridized carbons (Fsp3) is 0.429. The predicted molar refractivity (Wildman–Crippen MR) is 63.7 cm³/mol. The lowest BCUT2D eigenvalue weighted by Gasteiger charge is -2.17. The molecule has 0 fully saturated rings. The lowest BCUT2D eigenvalue weighted by molar-refractivity contribution is 0.206. The van der Waals surface area contributed by atoms with Crippen LogP contribution >= 0.6 is 0 Å². The van der Waals surface area contributed by atoms with Crippen LogP contribution in [0.1, 0.15) is 37.3 Å². The highest BCUT2D eigenvalue weighted by molar-refractivity contribution is 5.66. The maximum atomic E-state index is 9.57. The Morgan fingerprint density at radius 3 is 2.60 bits per heavy atom. The number of benzene rings is 1. The van der Waals surface area contributed by atoms with Crippen molar-refractivity contribution < 1.29 is 5.11 Å². The third-order valence-corrected chi connectivity index (χ3v) is 3.07. The predicted octanol–water partition coefficient (Wildman–Crippen LogP) is 3.18. The van der Waals surface area contributed by atoms with E-state index in [-0.39, 0.29) is 6.10 Å². The molecule has 0 radical (unpaired) electrons. The largest absolute Gasteiger partial charge is 0.389 e. The van der Waals surface area contributed by atoms with Crippen LogP contribution in [0.3, 0.4) is 0 Å². The Kier molecular flexibility index (Phi) is 3.22. The Hall–Kier alpha value is -1.08. The summed E-state index contributed by atoms with van der Waals surface area (Å²) in [5.41, 5.74) is 3.94. The van der Waals surface area contributed by atoms with Crippen molar-refractivity contribution in [2.75, 3.05) is 0 Å². The molecule has 0 amide bonds. The molecular weight excluding hydrogens is 184 g/mol. The summed E-state index contributed by atoms with van der Waals surface area (Å²) in [6.07, 6.45) is 5.97. The van der Waals surface area contributed by atoms with E-state index in [0.29, 0.717) is 0 Å². The number of aryl methyl sites for hydroxylation is 1. The van der Waals surface area contributed by atoms with Gasteiger partial charge in [0.05, 0.1) is 6.10 Å². The van der Waals surface area contributed by atoms with Gasteiger partial charge in [-0.2, -0.15) is 0 Å². The minimum atomic E-state index is -0.236. The molecule has 1 heteroatoms. The zero-order chi connectivity index (χ0) is 10.7. The summed E-state index contributed by atoms with van der Waals surface area (Å²) >= 11 is 0. The van der Waals surface area contributed by atoms with E-state index in [0.717, 1.165) is 25.7 Å². The Balaban J connectivity index is 2.21. The average molecular weight is 202 g/mol. The molecule has 15 heavy (non-hydrogen) atoms. The molecule has 1 nitrogen and oxygen atoms in total. The molecule has 1 aliphatic rings. The maximum absolute atomic E-state index is 9.57. The normalized spacial score (nSPS) is 21.2. The average Bonchev–Trinajstić information content (AvgIpc) is 2.29. The summed E-state index contributed by atoms with van der Waals surface area (Å²) in [7, 11) is 0. The number of hydrogen-bond acceptors (Lipinski definition) is 1. The van der Waals surface area contributed by atoms with Crippen molar-refractivity contribution in [3.05, 3.63) is 41.5 Å². The van der Waals surface area contributed by atoms with E-state index in [1.165, 1.54) is 16.7 Å². The third kappa shape index (κ3) is 2.48. The van der Waals surface area contributed by atoms with E-state index in [2.05, 4.69) is 31.2 Å². The van der Waals surface area contributed by atoms with Crippen molar-refractivity contribution in [2.45, 2.75) is 38.7 Å². The van der Waals surface area contributed by atoms with Crippen LogP contribution in [-0.4, -0.2) is 11.2 Å². The van der Waals surface area contributed by atoms with Crippen LogP contribution in [0.25, 0.3) is 5.57 Å². The molecule has 2 rings (SSSR count). The van der Waals surface area contributed by atoms with Crippen molar-refractivity contribution in [3.63, 3.8) is 0 Å². The molecule has 0 spiro atoms. The molecule has 1 aromatic carbocycles. The van der Waals surface area contributed by atoms with Crippen molar-refractivity contribution in [1.29, 1.82) is 0 Å². The summed E-state index contributed by atoms with van der Waals surface area (Å²) in [6, 6.07) is 8.69. The minimum Gasteiger partial charge on any atom is -0.389 e. The van der Waals surface area contributed by atoms with E-state index >= 15 is 0 Å². The summed E-state index contributed by atoms with van der Waals surface area (Å²) < 4.78 is 0. The standard InChI is InChI=1S/C14H18O/c1-2-11-6-8-12(9-7-11)13-4-3-5-14(15)10-13/h6-10,14-15H,2-5H2,1H3. The molecule has 0 aromatic heterocycles. The van der Waals surface area contributed by atoms with Crippen LogP contribution in [0, 0.1) is 0 Å². The van der Waals surface area contributed by atoms with E-state index in [1.54, 1.807) is 0 Å². The highest BCUT2D eigenvalue weighted by Crippen LogP contribution is 2.26. The van der Waals surface area contributed by atoms with Gasteiger partial charge in [0.25, 0.3) is 0 Å². The second-order valence-electron chi connectivity index (χ2n) is 4.20. The smallest absolute Gasteiger partial charge is 0.0726 e. The summed E-state index contributed by atoms with van der Waals surface area (Å²) in [5.74, 6) is 0. The van der Waals surface area contributed by atoms with Crippen LogP contribution in [-0.2, 0) is 6.42 Å². The van der Waals surface area contributed by atoms with E-state index in [1.807, 2.05) is 6.08 Å². The first kappa shape index (κ1) is 10.4. The van der Waals surface area contributed by atoms with Crippen LogP contribution in [0.4, 0.5) is 0 Å². The molecular formula is C14H18O. The van der Waals surface area contributed by atoms with Crippen LogP contribution < -0.4 is 0 Å². The second-order valence-corrected chi connectivity index (χ2v) is 4.20. The van der Waals surface area contributed by atoms with Crippen molar-refractivity contribution in [1.82, 2.24) is 0 Å². The van der Waals surface area contributed by atoms with E-state index in [9.17, 15) is 5.11 Å². The number of hydrogen-bond donors (Lipinski definition) is 1. The van der Waals surface area contributed by atoms with Gasteiger partial charge >= 0.3 is 0 Å². The van der Waals surface area contributed by atoms with Gasteiger partial charge in [-0.1, -0.05) is 37.3 Å². The molecule has 1 atom stereocenters. The third-order valence-electron chi connectivity index (χ3n) is 3.07. The fourth-order valence-electron chi connectivity index (χ4n) is 2.10. The van der Waals surface area contributed by atoms with Gasteiger partial charge in [0, 0.05) is 0 Å². The van der Waals surface area contributed by atoms with Crippen LogP contribution in [0.15, 0.2) is 30.3 Å². The van der Waals surface area contributed by atoms with E-state index in [4.69, 9.17) is 0 Å². The minimum absolute atomic E-state index is 0.236. The summed E-state index contributed by atoms with van der Waals surface area (Å²) in [4.78, 5) is 0. The number of allylic oxidation sites excluding steroid dienone is 1. The van der Waals surface area contributed by atoms with Gasteiger partial charge < -0.3 is 5.11 Å². The summed E-state index contributed by atoms with van der Waals surface area (Å²) in [6.45, 7) is 2.17. The highest BCUT2D eigenvalue weighted by Gasteiger charge is 2.11. The van der Waals surface area contributed by atoms with Gasteiger partial charge in [0.2, 0.25) is 0 Å². The first-order valence-corrected chi connectivity index (χ1v) is 5.77. The second kappa shape index (κ2) is 4.63. The summed E-state index contributed by atoms with van der Waals surface area (Å²) in [5, 5.41) is 9.57. The van der Waals surface area contributed by atoms with Crippen molar-refractivity contribution in [2.24, 2.45) is 0 Å². The SMILES string of the molecule is CCc1ccc(C2=CC(O)CCC2)cc1. The Bertz CT molecular complexity index is 348. The Labute approximate surface area is 91.4 Å². The molecule has 0 saturated heterocycles. The van der Waals surface area contributed by atoms with E-state index < -0.39 is 0 Å². The van der Waals surface area contributed by atoms with Gasteiger partial charge in [-0.25, -0.2) is 0 Å². The number of rotatable bonds is 2. The van der Waals surface area contributed by atoms with Gasteiger partial charge in [-0.15, -0.1) is 0 Å². The number of aliphatic hydroxyl groups is 1. The Morgan fingerprint density at radius 2 is 2.00 bits per heavy atom. The first-order chi connectivity index (χ1) is 7.29. The van der Waals surface area contributed by atoms with Crippen LogP contribution in [0.2, 0.25) is 0 Å². The zero-order valence-corrected chi connectivity index (χ0v) is 9.24. The molecule has 80 valence electrons. The monoisotopic (exact) mass is 202 g/mol. The topological polar surface area (TPSA) is 20.2 Å². The molecule has 0 aliphatic heterocycles. The highest BCUT2D eigenvalue weighted by atomic mass is 16.3. The molecule has 0 bridgehead atoms. The quantitative estimate of drug-likeness (QED) is 0.781. The Morgan fingerprint density at radius 1 is 1.27 bits per heavy atom. The molecule has 1 aromatic rings. The lowest BCUT2D eigenvalue weighted by Crippen LogP contribution is -2.08.